The molecule has 1 amide bonds. The van der Waals surface area contributed by atoms with Gasteiger partial charge in [0.1, 0.15) is 16.8 Å². The molecule has 0 saturated carbocycles. The van der Waals surface area contributed by atoms with Crippen LogP contribution in [0.15, 0.2) is 18.2 Å². The zero-order chi connectivity index (χ0) is 21.2. The number of hydrogen-bond donors (Lipinski definition) is 1. The molecule has 4 nitrogen and oxygen atoms in total. The van der Waals surface area contributed by atoms with Crippen molar-refractivity contribution in [2.24, 2.45) is 11.3 Å². The minimum absolute atomic E-state index is 0.110. The molecule has 0 spiro atoms. The summed E-state index contributed by atoms with van der Waals surface area (Å²) < 4.78 is 5.63. The Bertz CT molecular complexity index is 959. The topological polar surface area (TPSA) is 62.1 Å². The number of hydrogen-bond acceptors (Lipinski definition) is 4. The van der Waals surface area contributed by atoms with Gasteiger partial charge in [0.05, 0.1) is 5.56 Å². The third-order valence-corrected chi connectivity index (χ3v) is 7.55. The van der Waals surface area contributed by atoms with Crippen molar-refractivity contribution in [3.05, 3.63) is 44.8 Å². The van der Waals surface area contributed by atoms with E-state index >= 15 is 0 Å². The first-order chi connectivity index (χ1) is 13.7. The number of fused-ring (bicyclic) bond motifs is 1. The van der Waals surface area contributed by atoms with E-state index in [1.807, 2.05) is 6.92 Å². The lowest BCUT2D eigenvalue weighted by atomic mass is 9.69. The van der Waals surface area contributed by atoms with Gasteiger partial charge in [0, 0.05) is 9.90 Å². The molecule has 1 heterocycles. The van der Waals surface area contributed by atoms with Gasteiger partial charge in [-0.15, -0.1) is 11.3 Å². The number of aryl methyl sites for hydroxylation is 1. The monoisotopic (exact) mass is 430 g/mol. The van der Waals surface area contributed by atoms with Crippen LogP contribution in [0.5, 0.6) is 5.75 Å². The van der Waals surface area contributed by atoms with Gasteiger partial charge >= 0.3 is 0 Å². The number of nitriles is 1. The van der Waals surface area contributed by atoms with E-state index < -0.39 is 0 Å². The summed E-state index contributed by atoms with van der Waals surface area (Å²) in [4.78, 5) is 13.7. The van der Waals surface area contributed by atoms with Crippen molar-refractivity contribution in [3.8, 4) is 11.8 Å². The molecule has 0 aliphatic heterocycles. The third-order valence-electron chi connectivity index (χ3n) is 6.14. The average molecular weight is 431 g/mol. The smallest absolute Gasteiger partial charge is 0.262 e. The maximum absolute atomic E-state index is 12.5. The fraction of sp³-hybridized carbons (Fsp3) is 0.478. The molecule has 0 radical (unpaired) electrons. The van der Waals surface area contributed by atoms with Gasteiger partial charge in [0.2, 0.25) is 0 Å². The van der Waals surface area contributed by atoms with Gasteiger partial charge in [-0.2, -0.15) is 5.26 Å². The van der Waals surface area contributed by atoms with Gasteiger partial charge in [-0.05, 0) is 66.8 Å². The van der Waals surface area contributed by atoms with Crippen molar-refractivity contribution >= 4 is 33.8 Å². The Morgan fingerprint density at radius 2 is 2.21 bits per heavy atom. The van der Waals surface area contributed by atoms with Crippen molar-refractivity contribution in [2.75, 3.05) is 11.9 Å². The van der Waals surface area contributed by atoms with E-state index in [1.54, 1.807) is 29.5 Å². The van der Waals surface area contributed by atoms with Crippen molar-refractivity contribution < 1.29 is 9.53 Å². The van der Waals surface area contributed by atoms with E-state index in [-0.39, 0.29) is 17.9 Å². The van der Waals surface area contributed by atoms with E-state index in [9.17, 15) is 10.1 Å². The van der Waals surface area contributed by atoms with Gasteiger partial charge in [-0.25, -0.2) is 0 Å². The van der Waals surface area contributed by atoms with Crippen LogP contribution in [0.1, 0.15) is 55.2 Å². The zero-order valence-electron chi connectivity index (χ0n) is 17.4. The van der Waals surface area contributed by atoms with E-state index in [4.69, 9.17) is 16.3 Å². The number of anilines is 1. The Kier molecular flexibility index (Phi) is 6.55. The third kappa shape index (κ3) is 4.76. The number of carbonyl (C=O) groups excluding carboxylic acids is 1. The summed E-state index contributed by atoms with van der Waals surface area (Å²) in [7, 11) is 0. The van der Waals surface area contributed by atoms with E-state index in [1.165, 1.54) is 4.88 Å². The molecule has 1 aliphatic rings. The van der Waals surface area contributed by atoms with Crippen LogP contribution in [0.4, 0.5) is 5.00 Å². The van der Waals surface area contributed by atoms with Gasteiger partial charge in [0.25, 0.3) is 5.91 Å². The van der Waals surface area contributed by atoms with Crippen LogP contribution in [0.25, 0.3) is 0 Å². The Balaban J connectivity index is 1.70. The summed E-state index contributed by atoms with van der Waals surface area (Å²) in [5.74, 6) is 0.963. The molecular formula is C23H27ClN2O2S. The van der Waals surface area contributed by atoms with E-state index in [2.05, 4.69) is 32.2 Å². The normalized spacial score (nSPS) is 16.1. The highest BCUT2D eigenvalue weighted by molar-refractivity contribution is 7.16. The minimum Gasteiger partial charge on any atom is -0.483 e. The van der Waals surface area contributed by atoms with Crippen LogP contribution in [-0.4, -0.2) is 12.5 Å². The molecule has 29 heavy (non-hydrogen) atoms. The molecule has 0 bridgehead atoms. The number of nitrogens with one attached hydrogen (secondary N) is 1. The van der Waals surface area contributed by atoms with Gasteiger partial charge in [-0.3, -0.25) is 4.79 Å². The molecule has 1 aliphatic carbocycles. The van der Waals surface area contributed by atoms with E-state index in [0.717, 1.165) is 36.8 Å². The molecule has 2 aromatic rings. The Morgan fingerprint density at radius 3 is 2.86 bits per heavy atom. The van der Waals surface area contributed by atoms with Crippen LogP contribution in [0.2, 0.25) is 5.02 Å². The number of nitrogens with zero attached hydrogens (tertiary/aromatic N) is 1. The molecule has 1 aromatic carbocycles. The standard InChI is InChI=1S/C23H27ClN2O2S/c1-5-23(3,4)15-6-8-17-18(12-25)22(29-20(17)11-15)26-21(27)13-28-19-9-7-16(24)10-14(19)2/h7,9-10,15H,5-6,8,11,13H2,1-4H3,(H,26,27). The summed E-state index contributed by atoms with van der Waals surface area (Å²) in [6, 6.07) is 7.59. The van der Waals surface area contributed by atoms with Crippen LogP contribution < -0.4 is 10.1 Å². The number of thiophene rings is 1. The van der Waals surface area contributed by atoms with Crippen LogP contribution in [0, 0.1) is 29.6 Å². The SMILES string of the molecule is CCC(C)(C)C1CCc2c(sc(NC(=O)COc3ccc(Cl)cc3C)c2C#N)C1. The molecule has 6 heteroatoms. The first kappa shape index (κ1) is 21.7. The average Bonchev–Trinajstić information content (AvgIpc) is 3.03. The fourth-order valence-corrected chi connectivity index (χ4v) is 5.35. The molecule has 1 aromatic heterocycles. The predicted molar refractivity (Wildman–Crippen MR) is 119 cm³/mol. The molecule has 154 valence electrons. The molecule has 3 rings (SSSR count). The first-order valence-corrected chi connectivity index (χ1v) is 11.2. The molecular weight excluding hydrogens is 404 g/mol. The summed E-state index contributed by atoms with van der Waals surface area (Å²) >= 11 is 7.50. The quantitative estimate of drug-likeness (QED) is 0.598. The summed E-state index contributed by atoms with van der Waals surface area (Å²) in [6.45, 7) is 8.65. The number of benzene rings is 1. The number of rotatable bonds is 6. The fourth-order valence-electron chi connectivity index (χ4n) is 3.83. The maximum Gasteiger partial charge on any atom is 0.262 e. The maximum atomic E-state index is 12.5. The first-order valence-electron chi connectivity index (χ1n) is 9.98. The highest BCUT2D eigenvalue weighted by Crippen LogP contribution is 2.45. The van der Waals surface area contributed by atoms with Gasteiger partial charge < -0.3 is 10.1 Å². The van der Waals surface area contributed by atoms with E-state index in [0.29, 0.717) is 27.3 Å². The Morgan fingerprint density at radius 1 is 1.45 bits per heavy atom. The van der Waals surface area contributed by atoms with Crippen molar-refractivity contribution in [3.63, 3.8) is 0 Å². The second kappa shape index (κ2) is 8.77. The summed E-state index contributed by atoms with van der Waals surface area (Å²) in [6.07, 6.45) is 4.10. The highest BCUT2D eigenvalue weighted by atomic mass is 35.5. The van der Waals surface area contributed by atoms with Crippen molar-refractivity contribution in [1.82, 2.24) is 0 Å². The Labute approximate surface area is 181 Å². The van der Waals surface area contributed by atoms with Crippen LogP contribution in [-0.2, 0) is 17.6 Å². The second-order valence-corrected chi connectivity index (χ2v) is 9.89. The second-order valence-electron chi connectivity index (χ2n) is 8.35. The lowest BCUT2D eigenvalue weighted by Gasteiger charge is -2.36. The number of amides is 1. The number of carbonyl (C=O) groups is 1. The van der Waals surface area contributed by atoms with Crippen molar-refractivity contribution in [2.45, 2.75) is 53.4 Å². The summed E-state index contributed by atoms with van der Waals surface area (Å²) in [5.41, 5.74) is 2.89. The molecule has 1 unspecified atom stereocenters. The van der Waals surface area contributed by atoms with Gasteiger partial charge in [-0.1, -0.05) is 38.8 Å². The lowest BCUT2D eigenvalue weighted by molar-refractivity contribution is -0.118. The number of ether oxygens (including phenoxy) is 1. The Hall–Kier alpha value is -2.03. The van der Waals surface area contributed by atoms with Crippen molar-refractivity contribution in [1.29, 1.82) is 5.26 Å². The number of halogens is 1. The molecule has 0 fully saturated rings. The largest absolute Gasteiger partial charge is 0.483 e. The lowest BCUT2D eigenvalue weighted by Crippen LogP contribution is -2.28. The van der Waals surface area contributed by atoms with Gasteiger partial charge in [0.15, 0.2) is 6.61 Å². The van der Waals surface area contributed by atoms with Crippen LogP contribution in [0.3, 0.4) is 0 Å². The summed E-state index contributed by atoms with van der Waals surface area (Å²) in [5, 5.41) is 13.9. The molecule has 1 N–H and O–H groups in total. The zero-order valence-corrected chi connectivity index (χ0v) is 19.0. The molecule has 0 saturated heterocycles. The van der Waals surface area contributed by atoms with Crippen LogP contribution >= 0.6 is 22.9 Å². The highest BCUT2D eigenvalue weighted by Gasteiger charge is 2.34. The predicted octanol–water partition coefficient (Wildman–Crippen LogP) is 6.14. The minimum atomic E-state index is -0.264. The molecule has 1 atom stereocenters.